The highest BCUT2D eigenvalue weighted by Gasteiger charge is 2.77. The van der Waals surface area contributed by atoms with Gasteiger partial charge in [0, 0.05) is 24.9 Å². The van der Waals surface area contributed by atoms with Crippen LogP contribution < -0.4 is 10.6 Å². The van der Waals surface area contributed by atoms with E-state index in [2.05, 4.69) is 10.6 Å². The Balaban J connectivity index is 1.54. The third kappa shape index (κ3) is 3.95. The zero-order valence-corrected chi connectivity index (χ0v) is 20.8. The van der Waals surface area contributed by atoms with Crippen LogP contribution in [0.15, 0.2) is 18.2 Å². The summed E-state index contributed by atoms with van der Waals surface area (Å²) in [6.45, 7) is 1.07. The van der Waals surface area contributed by atoms with Crippen molar-refractivity contribution in [2.45, 2.75) is 57.6 Å². The molecule has 0 radical (unpaired) electrons. The van der Waals surface area contributed by atoms with Crippen LogP contribution in [-0.2, 0) is 23.7 Å². The predicted molar refractivity (Wildman–Crippen MR) is 126 cm³/mol. The quantitative estimate of drug-likeness (QED) is 0.543. The van der Waals surface area contributed by atoms with E-state index >= 15 is 0 Å². The summed E-state index contributed by atoms with van der Waals surface area (Å²) < 4.78 is 11.8. The molecule has 0 aliphatic carbocycles. The number of carbonyl (C=O) groups excluding carboxylic acids is 4. The highest BCUT2D eigenvalue weighted by atomic mass is 35.5. The summed E-state index contributed by atoms with van der Waals surface area (Å²) in [6.07, 6.45) is 2.36. The Kier molecular flexibility index (Phi) is 6.61. The van der Waals surface area contributed by atoms with Gasteiger partial charge in [0.1, 0.15) is 12.1 Å². The van der Waals surface area contributed by atoms with Crippen LogP contribution in [0.1, 0.15) is 49.9 Å². The molecule has 1 aromatic carbocycles. The van der Waals surface area contributed by atoms with Crippen molar-refractivity contribution in [2.24, 2.45) is 5.92 Å². The van der Waals surface area contributed by atoms with Crippen molar-refractivity contribution in [3.8, 4) is 0 Å². The van der Waals surface area contributed by atoms with Crippen LogP contribution in [0, 0.1) is 5.92 Å². The number of nitrogens with zero attached hydrogens (tertiary/aromatic N) is 1. The van der Waals surface area contributed by atoms with Crippen molar-refractivity contribution in [1.82, 2.24) is 10.6 Å². The van der Waals surface area contributed by atoms with E-state index in [0.29, 0.717) is 24.3 Å². The Bertz CT molecular complexity index is 1030. The van der Waals surface area contributed by atoms with Gasteiger partial charge in [-0.05, 0) is 37.0 Å². The Morgan fingerprint density at radius 3 is 2.35 bits per heavy atom. The van der Waals surface area contributed by atoms with E-state index in [1.807, 2.05) is 20.9 Å². The number of benzene rings is 1. The number of likely N-dealkylation sites (N-methyl/N-ethyl adjacent to an activating group) is 1. The fourth-order valence-corrected chi connectivity index (χ4v) is 6.17. The molecule has 0 aromatic heterocycles. The zero-order chi connectivity index (χ0) is 24.8. The van der Waals surface area contributed by atoms with Crippen molar-refractivity contribution < 1.29 is 32.9 Å². The van der Waals surface area contributed by atoms with Crippen molar-refractivity contribution in [1.29, 1.82) is 0 Å². The average Bonchev–Trinajstić information content (AvgIpc) is 3.13. The van der Waals surface area contributed by atoms with E-state index in [4.69, 9.17) is 32.5 Å². The van der Waals surface area contributed by atoms with E-state index in [-0.39, 0.29) is 27.4 Å². The third-order valence-electron chi connectivity index (χ3n) is 7.35. The van der Waals surface area contributed by atoms with Gasteiger partial charge in [-0.3, -0.25) is 9.59 Å². The molecule has 3 aliphatic heterocycles. The molecule has 0 bridgehead atoms. The molecule has 0 saturated carbocycles. The highest BCUT2D eigenvalue weighted by Crippen LogP contribution is 2.49. The summed E-state index contributed by atoms with van der Waals surface area (Å²) in [5, 5.41) is 5.96. The van der Waals surface area contributed by atoms with Gasteiger partial charge in [0.2, 0.25) is 5.91 Å². The molecule has 2 amide bonds. The lowest BCUT2D eigenvalue weighted by molar-refractivity contribution is -0.850. The van der Waals surface area contributed by atoms with Gasteiger partial charge in [0.05, 0.1) is 23.1 Å². The number of rotatable bonds is 7. The molecule has 184 valence electrons. The van der Waals surface area contributed by atoms with Gasteiger partial charge >= 0.3 is 18.6 Å². The van der Waals surface area contributed by atoms with Crippen molar-refractivity contribution in [2.75, 3.05) is 13.6 Å². The first-order valence-electron chi connectivity index (χ1n) is 11.5. The first-order valence-corrected chi connectivity index (χ1v) is 12.2. The van der Waals surface area contributed by atoms with E-state index in [1.165, 1.54) is 12.1 Å². The first-order chi connectivity index (χ1) is 16.0. The van der Waals surface area contributed by atoms with Gasteiger partial charge < -0.3 is 24.3 Å². The van der Waals surface area contributed by atoms with Crippen LogP contribution in [0.5, 0.6) is 0 Å². The van der Waals surface area contributed by atoms with Crippen LogP contribution in [0.3, 0.4) is 0 Å². The van der Waals surface area contributed by atoms with Gasteiger partial charge in [0.25, 0.3) is 5.91 Å². The van der Waals surface area contributed by atoms with Crippen molar-refractivity contribution in [3.05, 3.63) is 33.8 Å². The maximum Gasteiger partial charge on any atom is 0.605 e. The fourth-order valence-electron chi connectivity index (χ4n) is 5.79. The summed E-state index contributed by atoms with van der Waals surface area (Å²) in [6, 6.07) is 3.47. The molecule has 1 aromatic rings. The monoisotopic (exact) mass is 511 g/mol. The van der Waals surface area contributed by atoms with E-state index < -0.39 is 48.5 Å². The normalized spacial score (nSPS) is 30.4. The summed E-state index contributed by atoms with van der Waals surface area (Å²) in [4.78, 5) is 51.1. The molecule has 4 rings (SSSR count). The Morgan fingerprint density at radius 2 is 1.76 bits per heavy atom. The lowest BCUT2D eigenvalue weighted by Crippen LogP contribution is -2.75. The maximum absolute atomic E-state index is 12.9. The van der Waals surface area contributed by atoms with E-state index in [9.17, 15) is 19.2 Å². The predicted octanol–water partition coefficient (Wildman–Crippen LogP) is 2.21. The summed E-state index contributed by atoms with van der Waals surface area (Å²) >= 11 is 12.0. The lowest BCUT2D eigenvalue weighted by Gasteiger charge is -2.51. The molecule has 12 heteroatoms. The SMILES string of the molecule is CC(C)C[C@H](NC(=O)CNC(=O)c1cc(Cl)ccc1Cl)[B-]12OC(=O)[C@@H]3CCC[C@@H](C(=O)O1)[N+]32C. The Labute approximate surface area is 208 Å². The van der Waals surface area contributed by atoms with Gasteiger partial charge in [0.15, 0.2) is 0 Å². The first kappa shape index (κ1) is 24.8. The van der Waals surface area contributed by atoms with Crippen LogP contribution in [0.2, 0.25) is 10.0 Å². The molecule has 3 saturated heterocycles. The zero-order valence-electron chi connectivity index (χ0n) is 19.3. The Morgan fingerprint density at radius 1 is 1.15 bits per heavy atom. The van der Waals surface area contributed by atoms with E-state index in [0.717, 1.165) is 6.42 Å². The second-order valence-electron chi connectivity index (χ2n) is 9.90. The highest BCUT2D eigenvalue weighted by molar-refractivity contribution is 6.68. The van der Waals surface area contributed by atoms with Crippen LogP contribution in [0.25, 0.3) is 0 Å². The van der Waals surface area contributed by atoms with Crippen LogP contribution >= 0.6 is 23.2 Å². The molecule has 9 nitrogen and oxygen atoms in total. The molecular formula is C22H28BCl2N3O6. The maximum atomic E-state index is 12.9. The van der Waals surface area contributed by atoms with Gasteiger partial charge in [-0.1, -0.05) is 37.0 Å². The number of nitrogens with one attached hydrogen (secondary N) is 2. The van der Waals surface area contributed by atoms with Crippen molar-refractivity contribution in [3.63, 3.8) is 0 Å². The number of hydrogen-bond donors (Lipinski definition) is 2. The lowest BCUT2D eigenvalue weighted by atomic mass is 9.56. The third-order valence-corrected chi connectivity index (χ3v) is 7.92. The topological polar surface area (TPSA) is 111 Å². The number of carbonyl (C=O) groups is 4. The van der Waals surface area contributed by atoms with Gasteiger partial charge in [-0.25, -0.2) is 9.59 Å². The standard InChI is InChI=1S/C22H28BCl2N3O6/c1-12(2)9-18(27-19(29)11-26-20(30)14-10-13(24)7-8-15(14)25)23-28(3)16(21(31)33-23)5-4-6-17(28)22(32)34-23/h7-8,10,12,16-18H,4-6,9,11H2,1-3H3,(H,26,30)(H,27,29)/t16-,17-,18-,23?,28?/m0/s1. The average molecular weight is 512 g/mol. The molecule has 3 heterocycles. The summed E-state index contributed by atoms with van der Waals surface area (Å²) in [7, 11) is 1.83. The fraction of sp³-hybridized carbons (Fsp3) is 0.545. The largest absolute Gasteiger partial charge is 0.605 e. The molecule has 0 unspecified atom stereocenters. The summed E-state index contributed by atoms with van der Waals surface area (Å²) in [5.74, 6) is -2.48. The molecule has 3 aliphatic rings. The molecule has 34 heavy (non-hydrogen) atoms. The second kappa shape index (κ2) is 9.05. The Hall–Kier alpha value is -2.30. The number of quaternary nitrogens is 1. The minimum absolute atomic E-state index is 0.0415. The number of amides is 2. The number of hydrogen-bond acceptors (Lipinski definition) is 6. The minimum atomic E-state index is -2.51. The molecule has 0 spiro atoms. The molecule has 3 fully saturated rings. The van der Waals surface area contributed by atoms with Crippen molar-refractivity contribution >= 4 is 53.6 Å². The molecule has 3 atom stereocenters. The van der Waals surface area contributed by atoms with E-state index in [1.54, 1.807) is 6.07 Å². The minimum Gasteiger partial charge on any atom is -0.599 e. The molecule has 2 N–H and O–H groups in total. The summed E-state index contributed by atoms with van der Waals surface area (Å²) in [5.41, 5.74) is 0.148. The second-order valence-corrected chi connectivity index (χ2v) is 10.7. The number of piperidine rings is 1. The molecular weight excluding hydrogens is 484 g/mol. The van der Waals surface area contributed by atoms with Gasteiger partial charge in [-0.15, -0.1) is 0 Å². The number of halogens is 2. The van der Waals surface area contributed by atoms with Crippen LogP contribution in [-0.4, -0.2) is 66.5 Å². The smallest absolute Gasteiger partial charge is 0.599 e. The van der Waals surface area contributed by atoms with Crippen LogP contribution in [0.4, 0.5) is 0 Å². The van der Waals surface area contributed by atoms with Gasteiger partial charge in [-0.2, -0.15) is 0 Å².